The van der Waals surface area contributed by atoms with Gasteiger partial charge in [0.1, 0.15) is 11.9 Å². The first kappa shape index (κ1) is 21.6. The lowest BCUT2D eigenvalue weighted by atomic mass is 10.0. The van der Waals surface area contributed by atoms with Crippen molar-refractivity contribution in [3.8, 4) is 10.6 Å². The molecule has 0 spiro atoms. The topological polar surface area (TPSA) is 87.3 Å². The first-order valence-electron chi connectivity index (χ1n) is 9.76. The Hall–Kier alpha value is -1.66. The summed E-state index contributed by atoms with van der Waals surface area (Å²) in [5, 5.41) is 2.68. The van der Waals surface area contributed by atoms with Gasteiger partial charge in [0.2, 0.25) is 5.91 Å². The summed E-state index contributed by atoms with van der Waals surface area (Å²) in [6.45, 7) is 4.48. The second-order valence-electron chi connectivity index (χ2n) is 7.62. The fraction of sp³-hybridized carbons (Fsp3) is 0.450. The average Bonchev–Trinajstić information content (AvgIpc) is 3.46. The van der Waals surface area contributed by atoms with Crippen LogP contribution in [-0.2, 0) is 9.53 Å². The molecule has 7 nitrogen and oxygen atoms in total. The van der Waals surface area contributed by atoms with Crippen molar-refractivity contribution in [2.24, 2.45) is 5.92 Å². The quantitative estimate of drug-likeness (QED) is 0.432. The van der Waals surface area contributed by atoms with Crippen molar-refractivity contribution >= 4 is 66.7 Å². The van der Waals surface area contributed by atoms with Crippen LogP contribution in [0.15, 0.2) is 18.3 Å². The number of amides is 2. The fourth-order valence-electron chi connectivity index (χ4n) is 3.76. The maximum atomic E-state index is 13.2. The highest BCUT2D eigenvalue weighted by atomic mass is 127. The number of carbonyl (C=O) groups excluding carboxylic acids is 2. The van der Waals surface area contributed by atoms with Crippen LogP contribution in [0, 0.1) is 8.80 Å². The molecule has 2 amide bonds. The van der Waals surface area contributed by atoms with Crippen molar-refractivity contribution in [1.29, 1.82) is 0 Å². The summed E-state index contributed by atoms with van der Waals surface area (Å²) < 4.78 is 8.54. The molecule has 30 heavy (non-hydrogen) atoms. The van der Waals surface area contributed by atoms with E-state index in [1.807, 2.05) is 24.9 Å². The van der Waals surface area contributed by atoms with E-state index in [4.69, 9.17) is 4.74 Å². The van der Waals surface area contributed by atoms with Crippen molar-refractivity contribution in [3.63, 3.8) is 0 Å². The van der Waals surface area contributed by atoms with Crippen LogP contribution >= 0.6 is 45.3 Å². The molecule has 4 heterocycles. The number of aromatic amines is 1. The molecule has 2 atom stereocenters. The molecule has 0 saturated carbocycles. The molecule has 0 radical (unpaired) electrons. The lowest BCUT2D eigenvalue weighted by Crippen LogP contribution is -2.51. The largest absolute Gasteiger partial charge is 0.453 e. The molecule has 3 aromatic rings. The minimum absolute atomic E-state index is 0.0492. The number of imidazole rings is 1. The molecule has 3 aromatic heterocycles. The predicted molar refractivity (Wildman–Crippen MR) is 128 cm³/mol. The predicted octanol–water partition coefficient (Wildman–Crippen LogP) is 5.00. The number of carbonyl (C=O) groups is 2. The summed E-state index contributed by atoms with van der Waals surface area (Å²) in [5.41, 5.74) is 0.973. The number of alkyl carbamates (subject to hydrolysis) is 1. The number of halogens is 1. The number of H-pyrrole nitrogens is 1. The standard InChI is InChI=1S/C20H23IN4O3S2/c1-10(2)17(24-20(27)28-3)19(26)25-6-4-5-12(25)18-22-9-11(23-18)13-7-14-15(29-13)8-16(21)30-14/h7-10,12,17H,4-6H2,1-3H3,(H,22,23)(H,24,27). The third kappa shape index (κ3) is 4.22. The van der Waals surface area contributed by atoms with E-state index in [9.17, 15) is 9.59 Å². The number of nitrogens with one attached hydrogen (secondary N) is 2. The highest BCUT2D eigenvalue weighted by Gasteiger charge is 2.37. The molecule has 1 fully saturated rings. The zero-order valence-electron chi connectivity index (χ0n) is 16.9. The number of hydrogen-bond acceptors (Lipinski definition) is 6. The maximum Gasteiger partial charge on any atom is 0.407 e. The van der Waals surface area contributed by atoms with Crippen molar-refractivity contribution in [2.45, 2.75) is 38.8 Å². The molecule has 10 heteroatoms. The summed E-state index contributed by atoms with van der Waals surface area (Å²) in [6, 6.07) is 3.65. The van der Waals surface area contributed by atoms with Gasteiger partial charge in [-0.25, -0.2) is 9.78 Å². The van der Waals surface area contributed by atoms with Gasteiger partial charge in [-0.3, -0.25) is 4.79 Å². The Labute approximate surface area is 196 Å². The smallest absolute Gasteiger partial charge is 0.407 e. The van der Waals surface area contributed by atoms with E-state index in [0.29, 0.717) is 6.54 Å². The van der Waals surface area contributed by atoms with Crippen LogP contribution in [0.4, 0.5) is 4.79 Å². The Morgan fingerprint density at radius 2 is 2.10 bits per heavy atom. The second kappa shape index (κ2) is 8.83. The highest BCUT2D eigenvalue weighted by molar-refractivity contribution is 14.1. The number of likely N-dealkylation sites (tertiary alicyclic amines) is 1. The number of ether oxygens (including phenoxy) is 1. The summed E-state index contributed by atoms with van der Waals surface area (Å²) in [5.74, 6) is 0.650. The number of hydrogen-bond donors (Lipinski definition) is 2. The summed E-state index contributed by atoms with van der Waals surface area (Å²) >= 11 is 5.87. The SMILES string of the molecule is COC(=O)NC(C(=O)N1CCCC1c1ncc(-c2cc3sc(I)cc3s2)[nH]1)C(C)C. The van der Waals surface area contributed by atoms with E-state index in [1.54, 1.807) is 22.7 Å². The minimum Gasteiger partial charge on any atom is -0.453 e. The number of thiophene rings is 2. The summed E-state index contributed by atoms with van der Waals surface area (Å²) in [7, 11) is 1.30. The first-order valence-corrected chi connectivity index (χ1v) is 12.5. The normalized spacial score (nSPS) is 17.6. The van der Waals surface area contributed by atoms with Gasteiger partial charge in [0.05, 0.1) is 32.8 Å². The molecule has 0 bridgehead atoms. The highest BCUT2D eigenvalue weighted by Crippen LogP contribution is 2.39. The maximum absolute atomic E-state index is 13.2. The molecule has 2 unspecified atom stereocenters. The summed E-state index contributed by atoms with van der Waals surface area (Å²) in [4.78, 5) is 36.0. The third-order valence-electron chi connectivity index (χ3n) is 5.28. The Morgan fingerprint density at radius 1 is 1.33 bits per heavy atom. The number of rotatable bonds is 5. The molecule has 0 aromatic carbocycles. The van der Waals surface area contributed by atoms with Gasteiger partial charge < -0.3 is 19.9 Å². The van der Waals surface area contributed by atoms with E-state index in [-0.39, 0.29) is 17.9 Å². The third-order valence-corrected chi connectivity index (χ3v) is 8.37. The monoisotopic (exact) mass is 558 g/mol. The molecule has 1 saturated heterocycles. The van der Waals surface area contributed by atoms with E-state index in [1.165, 1.54) is 19.4 Å². The number of methoxy groups -OCH3 is 1. The lowest BCUT2D eigenvalue weighted by molar-refractivity contribution is -0.135. The first-order chi connectivity index (χ1) is 14.4. The average molecular weight is 558 g/mol. The molecule has 1 aliphatic heterocycles. The Morgan fingerprint density at radius 3 is 2.80 bits per heavy atom. The van der Waals surface area contributed by atoms with Gasteiger partial charge in [0.15, 0.2) is 0 Å². The zero-order chi connectivity index (χ0) is 21.4. The molecular weight excluding hydrogens is 535 g/mol. The van der Waals surface area contributed by atoms with Gasteiger partial charge in [0.25, 0.3) is 0 Å². The second-order valence-corrected chi connectivity index (χ2v) is 11.7. The van der Waals surface area contributed by atoms with Crippen LogP contribution in [0.2, 0.25) is 0 Å². The lowest BCUT2D eigenvalue weighted by Gasteiger charge is -2.30. The molecule has 4 rings (SSSR count). The minimum atomic E-state index is -0.626. The molecular formula is C20H23IN4O3S2. The van der Waals surface area contributed by atoms with Crippen LogP contribution in [0.3, 0.4) is 0 Å². The Kier molecular flexibility index (Phi) is 6.35. The number of nitrogens with zero attached hydrogens (tertiary/aromatic N) is 2. The van der Waals surface area contributed by atoms with E-state index < -0.39 is 12.1 Å². The molecule has 0 aliphatic carbocycles. The Bertz CT molecular complexity index is 1040. The van der Waals surface area contributed by atoms with Gasteiger partial charge in [-0.1, -0.05) is 13.8 Å². The van der Waals surface area contributed by atoms with Gasteiger partial charge >= 0.3 is 6.09 Å². The van der Waals surface area contributed by atoms with E-state index >= 15 is 0 Å². The van der Waals surface area contributed by atoms with Gasteiger partial charge in [-0.05, 0) is 53.5 Å². The molecule has 160 valence electrons. The molecule has 1 aliphatic rings. The molecule has 2 N–H and O–H groups in total. The van der Waals surface area contributed by atoms with Crippen molar-refractivity contribution in [3.05, 3.63) is 27.0 Å². The van der Waals surface area contributed by atoms with Crippen LogP contribution in [0.1, 0.15) is 38.6 Å². The number of fused-ring (bicyclic) bond motifs is 1. The van der Waals surface area contributed by atoms with Crippen LogP contribution < -0.4 is 5.32 Å². The van der Waals surface area contributed by atoms with Crippen LogP contribution in [0.25, 0.3) is 20.0 Å². The van der Waals surface area contributed by atoms with Crippen molar-refractivity contribution in [1.82, 2.24) is 20.2 Å². The van der Waals surface area contributed by atoms with Crippen molar-refractivity contribution < 1.29 is 14.3 Å². The Balaban J connectivity index is 1.55. The van der Waals surface area contributed by atoms with Gasteiger partial charge in [-0.2, -0.15) is 0 Å². The number of aromatic nitrogens is 2. The summed E-state index contributed by atoms with van der Waals surface area (Å²) in [6.07, 6.45) is 3.01. The van der Waals surface area contributed by atoms with E-state index in [0.717, 1.165) is 29.2 Å². The van der Waals surface area contributed by atoms with Gasteiger partial charge in [0, 0.05) is 15.9 Å². The fourth-order valence-corrected chi connectivity index (χ4v) is 7.08. The van der Waals surface area contributed by atoms with E-state index in [2.05, 4.69) is 50.0 Å². The van der Waals surface area contributed by atoms with Gasteiger partial charge in [-0.15, -0.1) is 22.7 Å². The van der Waals surface area contributed by atoms with Crippen LogP contribution in [0.5, 0.6) is 0 Å². The van der Waals surface area contributed by atoms with Crippen LogP contribution in [-0.4, -0.2) is 46.6 Å². The zero-order valence-corrected chi connectivity index (χ0v) is 20.7. The van der Waals surface area contributed by atoms with Crippen molar-refractivity contribution in [2.75, 3.05) is 13.7 Å².